The van der Waals surface area contributed by atoms with E-state index >= 15 is 0 Å². The second kappa shape index (κ2) is 9.25. The highest BCUT2D eigenvalue weighted by molar-refractivity contribution is 5.80. The number of hydrogen-bond donors (Lipinski definition) is 3. The van der Waals surface area contributed by atoms with Crippen molar-refractivity contribution in [2.75, 3.05) is 6.61 Å². The third-order valence-corrected chi connectivity index (χ3v) is 6.62. The molecule has 2 aliphatic rings. The highest BCUT2D eigenvalue weighted by Crippen LogP contribution is 2.44. The van der Waals surface area contributed by atoms with Gasteiger partial charge in [0.15, 0.2) is 0 Å². The number of carbonyl (C=O) groups excluding carboxylic acids is 2. The Hall–Kier alpha value is -3.35. The molecule has 3 N–H and O–H groups in total. The number of aliphatic carboxylic acids is 1. The lowest BCUT2D eigenvalue weighted by Gasteiger charge is -2.30. The van der Waals surface area contributed by atoms with Gasteiger partial charge in [0.1, 0.15) is 6.61 Å². The van der Waals surface area contributed by atoms with E-state index < -0.39 is 23.6 Å². The van der Waals surface area contributed by atoms with Gasteiger partial charge in [-0.05, 0) is 54.9 Å². The Kier molecular flexibility index (Phi) is 6.40. The second-order valence-electron chi connectivity index (χ2n) is 9.39. The lowest BCUT2D eigenvalue weighted by molar-refractivity contribution is -0.139. The Labute approximate surface area is 193 Å². The lowest BCUT2D eigenvalue weighted by atomic mass is 9.91. The van der Waals surface area contributed by atoms with Crippen LogP contribution in [0.2, 0.25) is 0 Å². The van der Waals surface area contributed by atoms with E-state index in [0.29, 0.717) is 0 Å². The summed E-state index contributed by atoms with van der Waals surface area (Å²) in [6.07, 6.45) is 1.19. The zero-order chi connectivity index (χ0) is 23.6. The number of nitrogens with one attached hydrogen (secondary N) is 2. The van der Waals surface area contributed by atoms with Gasteiger partial charge in [0.25, 0.3) is 0 Å². The van der Waals surface area contributed by atoms with Crippen LogP contribution in [-0.2, 0) is 14.3 Å². The van der Waals surface area contributed by atoms with E-state index in [-0.39, 0.29) is 37.2 Å². The fraction of sp³-hybridized carbons (Fsp3) is 0.423. The molecular formula is C26H30N2O5. The number of carboxylic acids is 1. The van der Waals surface area contributed by atoms with Crippen molar-refractivity contribution in [1.29, 1.82) is 0 Å². The molecule has 0 saturated heterocycles. The Bertz CT molecular complexity index is 1020. The van der Waals surface area contributed by atoms with Gasteiger partial charge in [-0.25, -0.2) is 4.79 Å². The molecule has 2 aromatic rings. The molecule has 7 heteroatoms. The van der Waals surface area contributed by atoms with Gasteiger partial charge in [0.2, 0.25) is 5.91 Å². The van der Waals surface area contributed by atoms with Gasteiger partial charge in [0.05, 0.1) is 12.0 Å². The molecule has 0 heterocycles. The molecular weight excluding hydrogens is 420 g/mol. The minimum atomic E-state index is -0.936. The highest BCUT2D eigenvalue weighted by atomic mass is 16.5. The normalized spacial score (nSPS) is 17.3. The quantitative estimate of drug-likeness (QED) is 0.534. The van der Waals surface area contributed by atoms with Crippen molar-refractivity contribution in [2.45, 2.75) is 57.0 Å². The number of ether oxygens (including phenoxy) is 1. The first-order chi connectivity index (χ1) is 15.8. The van der Waals surface area contributed by atoms with E-state index in [1.54, 1.807) is 13.8 Å². The Morgan fingerprint density at radius 3 is 2.18 bits per heavy atom. The van der Waals surface area contributed by atoms with Crippen LogP contribution in [0.5, 0.6) is 0 Å². The first-order valence-corrected chi connectivity index (χ1v) is 11.4. The monoisotopic (exact) mass is 450 g/mol. The van der Waals surface area contributed by atoms with Crippen molar-refractivity contribution >= 4 is 18.0 Å². The molecule has 0 aliphatic heterocycles. The molecule has 2 aromatic carbocycles. The Balaban J connectivity index is 1.30. The molecule has 1 saturated carbocycles. The van der Waals surface area contributed by atoms with Gasteiger partial charge in [-0.3, -0.25) is 9.59 Å². The summed E-state index contributed by atoms with van der Waals surface area (Å²) in [4.78, 5) is 36.1. The third kappa shape index (κ3) is 5.18. The molecule has 7 nitrogen and oxygen atoms in total. The number of alkyl carbamates (subject to hydrolysis) is 1. The van der Waals surface area contributed by atoms with Crippen LogP contribution in [0, 0.1) is 5.92 Å². The van der Waals surface area contributed by atoms with E-state index in [9.17, 15) is 19.5 Å². The first kappa shape index (κ1) is 22.8. The van der Waals surface area contributed by atoms with E-state index in [2.05, 4.69) is 34.9 Å². The maximum Gasteiger partial charge on any atom is 0.407 e. The van der Waals surface area contributed by atoms with Crippen LogP contribution in [0.1, 0.15) is 56.6 Å². The molecule has 174 valence electrons. The van der Waals surface area contributed by atoms with Crippen LogP contribution < -0.4 is 10.6 Å². The summed E-state index contributed by atoms with van der Waals surface area (Å²) >= 11 is 0. The molecule has 2 aliphatic carbocycles. The zero-order valence-corrected chi connectivity index (χ0v) is 19.0. The maximum atomic E-state index is 12.5. The number of rotatable bonds is 9. The Morgan fingerprint density at radius 2 is 1.64 bits per heavy atom. The van der Waals surface area contributed by atoms with E-state index in [0.717, 1.165) is 35.1 Å². The molecule has 2 atom stereocenters. The molecule has 33 heavy (non-hydrogen) atoms. The van der Waals surface area contributed by atoms with E-state index in [1.165, 1.54) is 0 Å². The molecule has 2 amide bonds. The van der Waals surface area contributed by atoms with E-state index in [4.69, 9.17) is 4.74 Å². The lowest BCUT2D eigenvalue weighted by Crippen LogP contribution is -2.50. The highest BCUT2D eigenvalue weighted by Gasteiger charge is 2.44. The van der Waals surface area contributed by atoms with Crippen molar-refractivity contribution in [2.24, 2.45) is 5.92 Å². The number of fused-ring (bicyclic) bond motifs is 3. The second-order valence-corrected chi connectivity index (χ2v) is 9.39. The summed E-state index contributed by atoms with van der Waals surface area (Å²) < 4.78 is 5.53. The van der Waals surface area contributed by atoms with Gasteiger partial charge < -0.3 is 20.5 Å². The van der Waals surface area contributed by atoms with Gasteiger partial charge >= 0.3 is 12.1 Å². The summed E-state index contributed by atoms with van der Waals surface area (Å²) in [7, 11) is 0. The molecule has 2 unspecified atom stereocenters. The summed E-state index contributed by atoms with van der Waals surface area (Å²) in [5.41, 5.74) is 3.83. The van der Waals surface area contributed by atoms with Gasteiger partial charge in [-0.1, -0.05) is 48.5 Å². The summed E-state index contributed by atoms with van der Waals surface area (Å²) in [6.45, 7) is 3.71. The number of carbonyl (C=O) groups is 3. The molecule has 0 bridgehead atoms. The average Bonchev–Trinajstić information content (AvgIpc) is 3.56. The molecule has 1 fully saturated rings. The van der Waals surface area contributed by atoms with Gasteiger partial charge in [0, 0.05) is 18.4 Å². The predicted molar refractivity (Wildman–Crippen MR) is 124 cm³/mol. The van der Waals surface area contributed by atoms with Crippen molar-refractivity contribution in [3.05, 3.63) is 59.7 Å². The third-order valence-electron chi connectivity index (χ3n) is 6.62. The van der Waals surface area contributed by atoms with Crippen LogP contribution in [0.3, 0.4) is 0 Å². The fourth-order valence-electron chi connectivity index (χ4n) is 4.87. The first-order valence-electron chi connectivity index (χ1n) is 11.4. The standard InChI is InChI=1S/C26H30N2O5/c1-16(13-23(29)28-26(2,14-24(30)31)17-11-12-17)27-25(32)33-15-22-20-9-5-3-7-18(20)19-8-4-6-10-21(19)22/h3-10,16-17,22H,11-15H2,1-2H3,(H,27,32)(H,28,29)(H,30,31). The fourth-order valence-corrected chi connectivity index (χ4v) is 4.87. The largest absolute Gasteiger partial charge is 0.481 e. The minimum absolute atomic E-state index is 0.0305. The minimum Gasteiger partial charge on any atom is -0.481 e. The molecule has 4 rings (SSSR count). The maximum absolute atomic E-state index is 12.5. The average molecular weight is 451 g/mol. The summed E-state index contributed by atoms with van der Waals surface area (Å²) in [5.74, 6) is -1.06. The van der Waals surface area contributed by atoms with Crippen LogP contribution in [0.15, 0.2) is 48.5 Å². The van der Waals surface area contributed by atoms with Crippen molar-refractivity contribution in [3.63, 3.8) is 0 Å². The molecule has 0 spiro atoms. The number of carboxylic acid groups (broad SMARTS) is 1. The Morgan fingerprint density at radius 1 is 1.06 bits per heavy atom. The van der Waals surface area contributed by atoms with Gasteiger partial charge in [-0.2, -0.15) is 0 Å². The van der Waals surface area contributed by atoms with E-state index in [1.807, 2.05) is 24.3 Å². The number of amides is 2. The van der Waals surface area contributed by atoms with Crippen molar-refractivity contribution < 1.29 is 24.2 Å². The summed E-state index contributed by atoms with van der Waals surface area (Å²) in [6, 6.07) is 15.8. The molecule has 0 aromatic heterocycles. The topological polar surface area (TPSA) is 105 Å². The van der Waals surface area contributed by atoms with Crippen LogP contribution in [-0.4, -0.2) is 41.3 Å². The smallest absolute Gasteiger partial charge is 0.407 e. The number of benzene rings is 2. The number of hydrogen-bond acceptors (Lipinski definition) is 4. The zero-order valence-electron chi connectivity index (χ0n) is 19.0. The van der Waals surface area contributed by atoms with Gasteiger partial charge in [-0.15, -0.1) is 0 Å². The predicted octanol–water partition coefficient (Wildman–Crippen LogP) is 4.06. The molecule has 0 radical (unpaired) electrons. The van der Waals surface area contributed by atoms with Crippen LogP contribution in [0.25, 0.3) is 11.1 Å². The van der Waals surface area contributed by atoms with Crippen LogP contribution in [0.4, 0.5) is 4.79 Å². The SMILES string of the molecule is CC(CC(=O)NC(C)(CC(=O)O)C1CC1)NC(=O)OCC1c2ccccc2-c2ccccc21. The van der Waals surface area contributed by atoms with Crippen molar-refractivity contribution in [3.8, 4) is 11.1 Å². The summed E-state index contributed by atoms with van der Waals surface area (Å²) in [5, 5.41) is 14.8. The van der Waals surface area contributed by atoms with Crippen molar-refractivity contribution in [1.82, 2.24) is 10.6 Å². The van der Waals surface area contributed by atoms with Crippen LogP contribution >= 0.6 is 0 Å².